The molecule has 27 heavy (non-hydrogen) atoms. The highest BCUT2D eigenvalue weighted by atomic mass is 35.5. The average Bonchev–Trinajstić information content (AvgIpc) is 2.68. The second-order valence-corrected chi connectivity index (χ2v) is 6.97. The lowest BCUT2D eigenvalue weighted by molar-refractivity contribution is -0.133. The molecule has 2 aromatic rings. The Bertz CT molecular complexity index is 800. The number of hydrogen-bond acceptors (Lipinski definition) is 4. The van der Waals surface area contributed by atoms with Crippen molar-refractivity contribution in [2.75, 3.05) is 31.1 Å². The van der Waals surface area contributed by atoms with Crippen molar-refractivity contribution in [1.29, 1.82) is 0 Å². The standard InChI is InChI=1S/C20H22ClN3O3/c1-14(22-19(26)15-2-4-16(21)5-3-15)20(27)24-12-10-23(11-13-24)17-6-8-18(25)9-7-17/h2-9,14,25H,10-13H2,1H3,(H,22,26). The largest absolute Gasteiger partial charge is 0.508 e. The van der Waals surface area contributed by atoms with Gasteiger partial charge in [0, 0.05) is 42.5 Å². The molecule has 2 amide bonds. The van der Waals surface area contributed by atoms with E-state index >= 15 is 0 Å². The lowest BCUT2D eigenvalue weighted by Gasteiger charge is -2.37. The Morgan fingerprint density at radius 3 is 2.19 bits per heavy atom. The van der Waals surface area contributed by atoms with Crippen molar-refractivity contribution in [3.05, 3.63) is 59.1 Å². The summed E-state index contributed by atoms with van der Waals surface area (Å²) in [7, 11) is 0. The number of anilines is 1. The van der Waals surface area contributed by atoms with Gasteiger partial charge < -0.3 is 20.2 Å². The summed E-state index contributed by atoms with van der Waals surface area (Å²) in [6, 6.07) is 13.0. The lowest BCUT2D eigenvalue weighted by atomic mass is 10.2. The van der Waals surface area contributed by atoms with Gasteiger partial charge in [0.25, 0.3) is 5.91 Å². The highest BCUT2D eigenvalue weighted by molar-refractivity contribution is 6.30. The van der Waals surface area contributed by atoms with E-state index in [1.807, 2.05) is 12.1 Å². The second-order valence-electron chi connectivity index (χ2n) is 6.53. The van der Waals surface area contributed by atoms with Gasteiger partial charge in [-0.1, -0.05) is 11.6 Å². The number of aromatic hydroxyl groups is 1. The topological polar surface area (TPSA) is 72.9 Å². The molecule has 1 aliphatic heterocycles. The van der Waals surface area contributed by atoms with Gasteiger partial charge in [0.15, 0.2) is 0 Å². The molecule has 1 heterocycles. The Morgan fingerprint density at radius 2 is 1.59 bits per heavy atom. The highest BCUT2D eigenvalue weighted by Crippen LogP contribution is 2.20. The fraction of sp³-hybridized carbons (Fsp3) is 0.300. The first-order chi connectivity index (χ1) is 12.9. The first-order valence-corrected chi connectivity index (χ1v) is 9.21. The number of piperazine rings is 1. The number of halogens is 1. The van der Waals surface area contributed by atoms with E-state index in [-0.39, 0.29) is 17.6 Å². The van der Waals surface area contributed by atoms with E-state index in [2.05, 4.69) is 10.2 Å². The number of rotatable bonds is 4. The van der Waals surface area contributed by atoms with Crippen LogP contribution in [0.5, 0.6) is 5.75 Å². The number of benzene rings is 2. The number of amides is 2. The molecular formula is C20H22ClN3O3. The summed E-state index contributed by atoms with van der Waals surface area (Å²) in [5.74, 6) is -0.157. The predicted molar refractivity (Wildman–Crippen MR) is 105 cm³/mol. The molecule has 0 aromatic heterocycles. The van der Waals surface area contributed by atoms with Gasteiger partial charge >= 0.3 is 0 Å². The van der Waals surface area contributed by atoms with Gasteiger partial charge in [-0.3, -0.25) is 9.59 Å². The maximum atomic E-state index is 12.6. The van der Waals surface area contributed by atoms with Crippen LogP contribution in [0, 0.1) is 0 Å². The van der Waals surface area contributed by atoms with Crippen LogP contribution in [0.15, 0.2) is 48.5 Å². The van der Waals surface area contributed by atoms with Crippen molar-refractivity contribution in [2.24, 2.45) is 0 Å². The fourth-order valence-corrected chi connectivity index (χ4v) is 3.19. The molecule has 1 atom stereocenters. The summed E-state index contributed by atoms with van der Waals surface area (Å²) >= 11 is 5.83. The minimum absolute atomic E-state index is 0.0948. The van der Waals surface area contributed by atoms with Crippen LogP contribution < -0.4 is 10.2 Å². The Balaban J connectivity index is 1.53. The monoisotopic (exact) mass is 387 g/mol. The maximum absolute atomic E-state index is 12.6. The Labute approximate surface area is 163 Å². The zero-order valence-corrected chi connectivity index (χ0v) is 15.8. The van der Waals surface area contributed by atoms with E-state index in [4.69, 9.17) is 11.6 Å². The van der Waals surface area contributed by atoms with Gasteiger partial charge in [-0.25, -0.2) is 0 Å². The Morgan fingerprint density at radius 1 is 1.00 bits per heavy atom. The molecule has 0 saturated carbocycles. The molecule has 7 heteroatoms. The van der Waals surface area contributed by atoms with Gasteiger partial charge in [-0.15, -0.1) is 0 Å². The number of phenolic OH excluding ortho intramolecular Hbond substituents is 1. The van der Waals surface area contributed by atoms with Crippen LogP contribution in [0.1, 0.15) is 17.3 Å². The third kappa shape index (κ3) is 4.71. The van der Waals surface area contributed by atoms with E-state index in [1.54, 1.807) is 48.2 Å². The van der Waals surface area contributed by atoms with Crippen LogP contribution in [0.2, 0.25) is 5.02 Å². The number of carbonyl (C=O) groups is 2. The van der Waals surface area contributed by atoms with Gasteiger partial charge in [0.2, 0.25) is 5.91 Å². The minimum Gasteiger partial charge on any atom is -0.508 e. The summed E-state index contributed by atoms with van der Waals surface area (Å²) in [6.07, 6.45) is 0. The van der Waals surface area contributed by atoms with Crippen LogP contribution in [-0.4, -0.2) is 54.0 Å². The lowest BCUT2D eigenvalue weighted by Crippen LogP contribution is -2.54. The fourth-order valence-electron chi connectivity index (χ4n) is 3.07. The molecule has 0 aliphatic carbocycles. The molecule has 0 bridgehead atoms. The van der Waals surface area contributed by atoms with E-state index in [9.17, 15) is 14.7 Å². The predicted octanol–water partition coefficient (Wildman–Crippen LogP) is 2.51. The summed E-state index contributed by atoms with van der Waals surface area (Å²) in [4.78, 5) is 28.8. The van der Waals surface area contributed by atoms with E-state index in [1.165, 1.54) is 0 Å². The first-order valence-electron chi connectivity index (χ1n) is 8.83. The number of nitrogens with zero attached hydrogens (tertiary/aromatic N) is 2. The molecule has 2 N–H and O–H groups in total. The van der Waals surface area contributed by atoms with Crippen molar-refractivity contribution in [3.63, 3.8) is 0 Å². The molecule has 1 unspecified atom stereocenters. The SMILES string of the molecule is CC(NC(=O)c1ccc(Cl)cc1)C(=O)N1CCN(c2ccc(O)cc2)CC1. The summed E-state index contributed by atoms with van der Waals surface area (Å²) in [5.41, 5.74) is 1.49. The second kappa shape index (κ2) is 8.31. The van der Waals surface area contributed by atoms with Gasteiger partial charge in [-0.2, -0.15) is 0 Å². The molecule has 1 aliphatic rings. The van der Waals surface area contributed by atoms with Crippen molar-refractivity contribution < 1.29 is 14.7 Å². The summed E-state index contributed by atoms with van der Waals surface area (Å²) in [6.45, 7) is 4.27. The quantitative estimate of drug-likeness (QED) is 0.845. The zero-order valence-electron chi connectivity index (χ0n) is 15.1. The minimum atomic E-state index is -0.603. The molecule has 0 radical (unpaired) electrons. The third-order valence-corrected chi connectivity index (χ3v) is 4.88. The van der Waals surface area contributed by atoms with Crippen LogP contribution in [0.25, 0.3) is 0 Å². The van der Waals surface area contributed by atoms with E-state index in [0.717, 1.165) is 5.69 Å². The zero-order chi connectivity index (χ0) is 19.4. The summed E-state index contributed by atoms with van der Waals surface area (Å²) < 4.78 is 0. The molecular weight excluding hydrogens is 366 g/mol. The van der Waals surface area contributed by atoms with Crippen LogP contribution >= 0.6 is 11.6 Å². The molecule has 142 valence electrons. The van der Waals surface area contributed by atoms with Crippen molar-refractivity contribution in [3.8, 4) is 5.75 Å². The average molecular weight is 388 g/mol. The normalized spacial score (nSPS) is 15.3. The molecule has 2 aromatic carbocycles. The number of phenols is 1. The number of nitrogens with one attached hydrogen (secondary N) is 1. The van der Waals surface area contributed by atoms with E-state index in [0.29, 0.717) is 36.8 Å². The van der Waals surface area contributed by atoms with Crippen molar-refractivity contribution in [2.45, 2.75) is 13.0 Å². The number of hydrogen-bond donors (Lipinski definition) is 2. The van der Waals surface area contributed by atoms with Crippen LogP contribution in [0.4, 0.5) is 5.69 Å². The molecule has 1 fully saturated rings. The molecule has 0 spiro atoms. The van der Waals surface area contributed by atoms with Gasteiger partial charge in [0.05, 0.1) is 0 Å². The maximum Gasteiger partial charge on any atom is 0.251 e. The van der Waals surface area contributed by atoms with E-state index < -0.39 is 6.04 Å². The third-order valence-electron chi connectivity index (χ3n) is 4.63. The molecule has 3 rings (SSSR count). The summed E-state index contributed by atoms with van der Waals surface area (Å²) in [5, 5.41) is 12.7. The van der Waals surface area contributed by atoms with Crippen molar-refractivity contribution >= 4 is 29.1 Å². The number of carbonyl (C=O) groups excluding carboxylic acids is 2. The molecule has 6 nitrogen and oxygen atoms in total. The Hall–Kier alpha value is -2.73. The molecule has 1 saturated heterocycles. The van der Waals surface area contributed by atoms with Gasteiger partial charge in [0.1, 0.15) is 11.8 Å². The van der Waals surface area contributed by atoms with Gasteiger partial charge in [-0.05, 0) is 55.5 Å². The smallest absolute Gasteiger partial charge is 0.251 e. The highest BCUT2D eigenvalue weighted by Gasteiger charge is 2.26. The van der Waals surface area contributed by atoms with Crippen LogP contribution in [-0.2, 0) is 4.79 Å². The first kappa shape index (κ1) is 19.0. The van der Waals surface area contributed by atoms with Crippen molar-refractivity contribution in [1.82, 2.24) is 10.2 Å². The van der Waals surface area contributed by atoms with Crippen LogP contribution in [0.3, 0.4) is 0 Å². The Kier molecular flexibility index (Phi) is 5.86.